The van der Waals surface area contributed by atoms with Crippen LogP contribution in [-0.2, 0) is 0 Å². The fourth-order valence-electron chi connectivity index (χ4n) is 7.97. The predicted molar refractivity (Wildman–Crippen MR) is 271 cm³/mol. The van der Waals surface area contributed by atoms with Crippen molar-refractivity contribution >= 4 is 69.5 Å². The number of nitrogens with zero attached hydrogens (tertiary/aromatic N) is 4. The number of hydrogen-bond donors (Lipinski definition) is 0. The van der Waals surface area contributed by atoms with E-state index in [2.05, 4.69) is 240 Å². The molecular formula is C60H44N4. The molecule has 1 aromatic heterocycles. The van der Waals surface area contributed by atoms with Crippen LogP contribution in [0.5, 0.6) is 0 Å². The summed E-state index contributed by atoms with van der Waals surface area (Å²) >= 11 is 0. The molecule has 64 heavy (non-hydrogen) atoms. The van der Waals surface area contributed by atoms with Crippen LogP contribution in [0.25, 0.3) is 57.9 Å². The van der Waals surface area contributed by atoms with Crippen molar-refractivity contribution in [2.75, 3.05) is 9.80 Å². The molecule has 0 radical (unpaired) electrons. The Kier molecular flexibility index (Phi) is 11.5. The largest absolute Gasteiger partial charge is 0.311 e. The first-order valence-electron chi connectivity index (χ1n) is 21.6. The highest BCUT2D eigenvalue weighted by Crippen LogP contribution is 2.39. The lowest BCUT2D eigenvalue weighted by atomic mass is 10.0. The molecule has 0 saturated heterocycles. The highest BCUT2D eigenvalue weighted by atomic mass is 15.1. The van der Waals surface area contributed by atoms with Gasteiger partial charge in [0.15, 0.2) is 0 Å². The first-order valence-corrected chi connectivity index (χ1v) is 21.6. The van der Waals surface area contributed by atoms with Crippen LogP contribution in [-0.4, -0.2) is 9.97 Å². The molecule has 4 nitrogen and oxygen atoms in total. The molecule has 10 rings (SSSR count). The van der Waals surface area contributed by atoms with E-state index in [9.17, 15) is 0 Å². The van der Waals surface area contributed by atoms with Gasteiger partial charge in [0.25, 0.3) is 0 Å². The third-order valence-electron chi connectivity index (χ3n) is 11.2. The lowest BCUT2D eigenvalue weighted by molar-refractivity contribution is 1.26. The Labute approximate surface area is 375 Å². The Balaban J connectivity index is 0.971. The van der Waals surface area contributed by atoms with E-state index in [1.807, 2.05) is 36.4 Å². The van der Waals surface area contributed by atoms with E-state index in [1.165, 1.54) is 11.1 Å². The van der Waals surface area contributed by atoms with Crippen LogP contribution >= 0.6 is 0 Å². The quantitative estimate of drug-likeness (QED) is 0.115. The minimum Gasteiger partial charge on any atom is -0.311 e. The Morgan fingerprint density at radius 2 is 0.484 bits per heavy atom. The molecular weight excluding hydrogens is 777 g/mol. The van der Waals surface area contributed by atoms with Crippen LogP contribution in [0, 0.1) is 0 Å². The maximum Gasteiger partial charge on any atom is 0.0973 e. The van der Waals surface area contributed by atoms with Gasteiger partial charge in [-0.3, -0.25) is 0 Å². The molecule has 0 fully saturated rings. The zero-order valence-corrected chi connectivity index (χ0v) is 35.2. The van der Waals surface area contributed by atoms with Crippen molar-refractivity contribution in [2.24, 2.45) is 0 Å². The predicted octanol–water partition coefficient (Wildman–Crippen LogP) is 16.2. The van der Waals surface area contributed by atoms with Crippen LogP contribution in [0.4, 0.5) is 34.1 Å². The molecule has 0 aliphatic heterocycles. The molecule has 10 aromatic rings. The summed E-state index contributed by atoms with van der Waals surface area (Å²) < 4.78 is 0. The van der Waals surface area contributed by atoms with Crippen LogP contribution in [0.3, 0.4) is 0 Å². The zero-order chi connectivity index (χ0) is 42.9. The minimum absolute atomic E-state index is 0.831. The van der Waals surface area contributed by atoms with Crippen molar-refractivity contribution in [1.82, 2.24) is 9.97 Å². The molecule has 0 unspecified atom stereocenters. The van der Waals surface area contributed by atoms with Gasteiger partial charge in [-0.15, -0.1) is 0 Å². The fraction of sp³-hybridized carbons (Fsp3) is 0. The second-order valence-electron chi connectivity index (χ2n) is 15.5. The number of anilines is 6. The van der Waals surface area contributed by atoms with Crippen molar-refractivity contribution in [3.8, 4) is 22.5 Å². The summed E-state index contributed by atoms with van der Waals surface area (Å²) in [6, 6.07) is 84.6. The van der Waals surface area contributed by atoms with Gasteiger partial charge in [-0.2, -0.15) is 0 Å². The minimum atomic E-state index is 0.831. The third kappa shape index (κ3) is 8.89. The van der Waals surface area contributed by atoms with E-state index in [4.69, 9.17) is 9.97 Å². The molecule has 0 aliphatic carbocycles. The van der Waals surface area contributed by atoms with Gasteiger partial charge in [-0.25, -0.2) is 9.97 Å². The summed E-state index contributed by atoms with van der Waals surface area (Å²) in [5.74, 6) is 0. The van der Waals surface area contributed by atoms with Crippen LogP contribution in [0.15, 0.2) is 243 Å². The standard InChI is InChI=1S/C60H44N4/c1-5-15-45(16-6-1)25-27-47-29-37-53(38-30-47)63(51-19-9-3-10-20-51)55-41-33-49(34-42-55)59-60(62-58-24-14-13-23-57(58)61-59)50-35-43-56(44-36-50)64(52-21-11-4-12-22-52)54-39-31-48(32-40-54)28-26-46-17-7-2-8-18-46/h1-44H/b27-25-,28-26+. The van der Waals surface area contributed by atoms with Gasteiger partial charge in [0.05, 0.1) is 22.4 Å². The van der Waals surface area contributed by atoms with Crippen molar-refractivity contribution in [3.05, 3.63) is 265 Å². The normalized spacial score (nSPS) is 11.3. The Bertz CT molecular complexity index is 2930. The third-order valence-corrected chi connectivity index (χ3v) is 11.2. The maximum absolute atomic E-state index is 5.26. The van der Waals surface area contributed by atoms with Crippen molar-refractivity contribution in [3.63, 3.8) is 0 Å². The number of benzene rings is 9. The van der Waals surface area contributed by atoms with Crippen molar-refractivity contribution in [1.29, 1.82) is 0 Å². The SMILES string of the molecule is C(=C/c1ccc(N(c2ccccc2)c2ccc(-c3nc4ccccc4nc3-c3ccc(N(c4ccccc4)c4ccc(/C=C/c5ccccc5)cc4)cc3)cc2)cc1)/c1ccccc1. The maximum atomic E-state index is 5.26. The lowest BCUT2D eigenvalue weighted by Gasteiger charge is -2.26. The average Bonchev–Trinajstić information content (AvgIpc) is 3.37. The van der Waals surface area contributed by atoms with E-state index >= 15 is 0 Å². The molecule has 0 saturated carbocycles. The molecule has 0 amide bonds. The van der Waals surface area contributed by atoms with Crippen LogP contribution in [0.2, 0.25) is 0 Å². The van der Waals surface area contributed by atoms with Gasteiger partial charge >= 0.3 is 0 Å². The summed E-state index contributed by atoms with van der Waals surface area (Å²) in [5, 5.41) is 0. The van der Waals surface area contributed by atoms with Gasteiger partial charge in [-0.05, 0) is 107 Å². The van der Waals surface area contributed by atoms with E-state index < -0.39 is 0 Å². The molecule has 4 heteroatoms. The molecule has 0 spiro atoms. The van der Waals surface area contributed by atoms with Gasteiger partial charge < -0.3 is 9.80 Å². The fourth-order valence-corrected chi connectivity index (χ4v) is 7.97. The Morgan fingerprint density at radius 1 is 0.234 bits per heavy atom. The Hall–Kier alpha value is -8.60. The van der Waals surface area contributed by atoms with Gasteiger partial charge in [-0.1, -0.05) is 182 Å². The smallest absolute Gasteiger partial charge is 0.0973 e. The van der Waals surface area contributed by atoms with E-state index in [0.29, 0.717) is 0 Å². The number of fused-ring (bicyclic) bond motifs is 1. The summed E-state index contributed by atoms with van der Waals surface area (Å²) in [5.41, 5.74) is 16.4. The second-order valence-corrected chi connectivity index (χ2v) is 15.5. The number of aromatic nitrogens is 2. The van der Waals surface area contributed by atoms with E-state index in [0.717, 1.165) is 78.8 Å². The zero-order valence-electron chi connectivity index (χ0n) is 35.2. The van der Waals surface area contributed by atoms with Crippen molar-refractivity contribution < 1.29 is 0 Å². The van der Waals surface area contributed by atoms with Gasteiger partial charge in [0.1, 0.15) is 0 Å². The molecule has 0 N–H and O–H groups in total. The van der Waals surface area contributed by atoms with Crippen molar-refractivity contribution in [2.45, 2.75) is 0 Å². The summed E-state index contributed by atoms with van der Waals surface area (Å²) in [4.78, 5) is 15.1. The molecule has 0 atom stereocenters. The van der Waals surface area contributed by atoms with Gasteiger partial charge in [0, 0.05) is 45.3 Å². The van der Waals surface area contributed by atoms with Gasteiger partial charge in [0.2, 0.25) is 0 Å². The monoisotopic (exact) mass is 820 g/mol. The summed E-state index contributed by atoms with van der Waals surface area (Å²) in [7, 11) is 0. The highest BCUT2D eigenvalue weighted by Gasteiger charge is 2.18. The summed E-state index contributed by atoms with van der Waals surface area (Å²) in [6.45, 7) is 0. The molecule has 9 aromatic carbocycles. The second kappa shape index (κ2) is 18.6. The molecule has 0 aliphatic rings. The molecule has 0 bridgehead atoms. The topological polar surface area (TPSA) is 32.3 Å². The number of hydrogen-bond acceptors (Lipinski definition) is 4. The number of rotatable bonds is 12. The van der Waals surface area contributed by atoms with E-state index in [1.54, 1.807) is 0 Å². The first kappa shape index (κ1) is 39.5. The molecule has 1 heterocycles. The lowest BCUT2D eigenvalue weighted by Crippen LogP contribution is -2.10. The first-order chi connectivity index (χ1) is 31.7. The summed E-state index contributed by atoms with van der Waals surface area (Å²) in [6.07, 6.45) is 8.60. The Morgan fingerprint density at radius 3 is 0.812 bits per heavy atom. The number of para-hydroxylation sites is 4. The average molecular weight is 821 g/mol. The van der Waals surface area contributed by atoms with Crippen LogP contribution in [0.1, 0.15) is 22.3 Å². The highest BCUT2D eigenvalue weighted by molar-refractivity contribution is 5.88. The van der Waals surface area contributed by atoms with E-state index in [-0.39, 0.29) is 0 Å². The molecule has 304 valence electrons. The van der Waals surface area contributed by atoms with Crippen LogP contribution < -0.4 is 9.80 Å².